The van der Waals surface area contributed by atoms with Crippen LogP contribution in [0.2, 0.25) is 0 Å². The summed E-state index contributed by atoms with van der Waals surface area (Å²) in [6.07, 6.45) is 1.29. The summed E-state index contributed by atoms with van der Waals surface area (Å²) in [5.41, 5.74) is 2.75. The minimum absolute atomic E-state index is 0.287. The van der Waals surface area contributed by atoms with Crippen molar-refractivity contribution >= 4 is 11.8 Å². The smallest absolute Gasteiger partial charge is 0.411 e. The van der Waals surface area contributed by atoms with Gasteiger partial charge in [-0.15, -0.1) is 0 Å². The van der Waals surface area contributed by atoms with E-state index in [1.807, 2.05) is 54.6 Å². The summed E-state index contributed by atoms with van der Waals surface area (Å²) < 4.78 is 0. The van der Waals surface area contributed by atoms with Crippen molar-refractivity contribution in [1.82, 2.24) is 4.90 Å². The van der Waals surface area contributed by atoms with Crippen LogP contribution in [0.15, 0.2) is 54.6 Å². The molecule has 1 aliphatic rings. The first kappa shape index (κ1) is 15.6. The molecule has 1 amide bonds. The van der Waals surface area contributed by atoms with Gasteiger partial charge in [-0.05, 0) is 38.1 Å². The molecule has 2 aromatic carbocycles. The quantitative estimate of drug-likeness (QED) is 0.930. The highest BCUT2D eigenvalue weighted by molar-refractivity contribution is 5.92. The lowest BCUT2D eigenvalue weighted by Crippen LogP contribution is -2.41. The van der Waals surface area contributed by atoms with Gasteiger partial charge in [-0.1, -0.05) is 48.5 Å². The van der Waals surface area contributed by atoms with Crippen molar-refractivity contribution in [1.29, 1.82) is 0 Å². The van der Waals surface area contributed by atoms with Crippen LogP contribution < -0.4 is 4.90 Å². The molecule has 1 N–H and O–H groups in total. The molecule has 2 aromatic rings. The van der Waals surface area contributed by atoms with Gasteiger partial charge in [0.25, 0.3) is 0 Å². The van der Waals surface area contributed by atoms with Crippen molar-refractivity contribution in [2.75, 3.05) is 25.0 Å². The van der Waals surface area contributed by atoms with E-state index >= 15 is 0 Å². The van der Waals surface area contributed by atoms with Crippen LogP contribution in [-0.4, -0.2) is 42.3 Å². The number of hydrogen-bond acceptors (Lipinski definition) is 2. The molecular formula is C19H22N2O2. The number of hydrogen-bond donors (Lipinski definition) is 1. The number of carboxylic acid groups (broad SMARTS) is 1. The van der Waals surface area contributed by atoms with Crippen LogP contribution in [0.1, 0.15) is 12.8 Å². The zero-order valence-electron chi connectivity index (χ0n) is 13.4. The second kappa shape index (κ2) is 6.84. The molecule has 1 aliphatic heterocycles. The van der Waals surface area contributed by atoms with Gasteiger partial charge in [0.1, 0.15) is 0 Å². The van der Waals surface area contributed by atoms with E-state index in [1.165, 1.54) is 4.90 Å². The van der Waals surface area contributed by atoms with Gasteiger partial charge in [-0.25, -0.2) is 4.79 Å². The Morgan fingerprint density at radius 3 is 2.52 bits per heavy atom. The topological polar surface area (TPSA) is 43.8 Å². The summed E-state index contributed by atoms with van der Waals surface area (Å²) in [6.45, 7) is 1.55. The minimum atomic E-state index is -0.895. The van der Waals surface area contributed by atoms with Crippen LogP contribution >= 0.6 is 0 Å². The summed E-state index contributed by atoms with van der Waals surface area (Å²) in [7, 11) is 2.07. The molecule has 1 fully saturated rings. The predicted molar refractivity (Wildman–Crippen MR) is 92.9 cm³/mol. The summed E-state index contributed by atoms with van der Waals surface area (Å²) in [6, 6.07) is 18.0. The third-order valence-corrected chi connectivity index (χ3v) is 4.58. The molecule has 0 radical (unpaired) electrons. The zero-order valence-corrected chi connectivity index (χ0v) is 13.4. The van der Waals surface area contributed by atoms with E-state index < -0.39 is 6.09 Å². The molecule has 0 unspecified atom stereocenters. The zero-order chi connectivity index (χ0) is 16.2. The Morgan fingerprint density at radius 2 is 1.87 bits per heavy atom. The molecule has 1 heterocycles. The molecule has 4 nitrogen and oxygen atoms in total. The predicted octanol–water partition coefficient (Wildman–Crippen LogP) is 3.93. The van der Waals surface area contributed by atoms with E-state index in [1.54, 1.807) is 0 Å². The van der Waals surface area contributed by atoms with Crippen molar-refractivity contribution in [2.45, 2.75) is 18.9 Å². The molecule has 0 bridgehead atoms. The molecule has 0 saturated carbocycles. The number of nitrogens with zero attached hydrogens (tertiary/aromatic N) is 2. The molecule has 3 rings (SSSR count). The highest BCUT2D eigenvalue weighted by atomic mass is 16.4. The van der Waals surface area contributed by atoms with Crippen molar-refractivity contribution in [2.24, 2.45) is 0 Å². The van der Waals surface area contributed by atoms with E-state index in [0.717, 1.165) is 36.2 Å². The fourth-order valence-electron chi connectivity index (χ4n) is 3.27. The Balaban J connectivity index is 1.95. The number of benzene rings is 2. The monoisotopic (exact) mass is 310 g/mol. The molecule has 120 valence electrons. The molecule has 23 heavy (non-hydrogen) atoms. The second-order valence-electron chi connectivity index (χ2n) is 6.05. The van der Waals surface area contributed by atoms with E-state index in [4.69, 9.17) is 0 Å². The van der Waals surface area contributed by atoms with Crippen LogP contribution in [-0.2, 0) is 0 Å². The fourth-order valence-corrected chi connectivity index (χ4v) is 3.27. The maximum absolute atomic E-state index is 11.9. The van der Waals surface area contributed by atoms with Crippen LogP contribution in [0.3, 0.4) is 0 Å². The van der Waals surface area contributed by atoms with Gasteiger partial charge in [-0.2, -0.15) is 0 Å². The third-order valence-electron chi connectivity index (χ3n) is 4.58. The van der Waals surface area contributed by atoms with E-state index in [9.17, 15) is 9.90 Å². The number of rotatable bonds is 4. The number of para-hydroxylation sites is 1. The molecule has 1 saturated heterocycles. The average Bonchev–Trinajstić information content (AvgIpc) is 2.98. The molecular weight excluding hydrogens is 288 g/mol. The fraction of sp³-hybridized carbons (Fsp3) is 0.316. The Labute approximate surface area is 137 Å². The maximum Gasteiger partial charge on any atom is 0.411 e. The lowest BCUT2D eigenvalue weighted by molar-refractivity contribution is 0.198. The van der Waals surface area contributed by atoms with Gasteiger partial charge in [0, 0.05) is 18.2 Å². The lowest BCUT2D eigenvalue weighted by Gasteiger charge is -2.28. The van der Waals surface area contributed by atoms with Gasteiger partial charge in [-0.3, -0.25) is 4.90 Å². The van der Waals surface area contributed by atoms with Crippen LogP contribution in [0.4, 0.5) is 10.5 Å². The highest BCUT2D eigenvalue weighted by Crippen LogP contribution is 2.31. The first-order valence-corrected chi connectivity index (χ1v) is 8.02. The number of likely N-dealkylation sites (tertiary alicyclic amines) is 1. The van der Waals surface area contributed by atoms with Gasteiger partial charge in [0.2, 0.25) is 0 Å². The Morgan fingerprint density at radius 1 is 1.17 bits per heavy atom. The summed E-state index contributed by atoms with van der Waals surface area (Å²) in [5.74, 6) is 0. The molecule has 0 aliphatic carbocycles. The normalized spacial score (nSPS) is 18.0. The number of carbonyl (C=O) groups is 1. The largest absolute Gasteiger partial charge is 0.465 e. The van der Waals surface area contributed by atoms with Crippen LogP contribution in [0, 0.1) is 0 Å². The van der Waals surface area contributed by atoms with E-state index in [2.05, 4.69) is 11.9 Å². The molecule has 4 heteroatoms. The van der Waals surface area contributed by atoms with Gasteiger partial charge >= 0.3 is 6.09 Å². The first-order chi connectivity index (χ1) is 11.2. The SMILES string of the molecule is CN1CCC[C@H]1CN(C(=O)O)c1ccccc1-c1ccccc1. The molecule has 0 aromatic heterocycles. The number of amides is 1. The Bertz CT molecular complexity index is 672. The highest BCUT2D eigenvalue weighted by Gasteiger charge is 2.27. The maximum atomic E-state index is 11.9. The Hall–Kier alpha value is -2.33. The average molecular weight is 310 g/mol. The number of likely N-dealkylation sites (N-methyl/N-ethyl adjacent to an activating group) is 1. The Kier molecular flexibility index (Phi) is 4.63. The van der Waals surface area contributed by atoms with Crippen molar-refractivity contribution in [3.05, 3.63) is 54.6 Å². The van der Waals surface area contributed by atoms with Crippen molar-refractivity contribution in [3.8, 4) is 11.1 Å². The standard InChI is InChI=1S/C19H22N2O2/c1-20-13-7-10-16(20)14-21(19(22)23)18-12-6-5-11-17(18)15-8-3-2-4-9-15/h2-6,8-9,11-12,16H,7,10,13-14H2,1H3,(H,22,23)/t16-/m0/s1. The summed E-state index contributed by atoms with van der Waals surface area (Å²) in [5, 5.41) is 9.75. The van der Waals surface area contributed by atoms with Crippen LogP contribution in [0.25, 0.3) is 11.1 Å². The molecule has 1 atom stereocenters. The second-order valence-corrected chi connectivity index (χ2v) is 6.05. The van der Waals surface area contributed by atoms with Crippen LogP contribution in [0.5, 0.6) is 0 Å². The lowest BCUT2D eigenvalue weighted by atomic mass is 10.0. The van der Waals surface area contributed by atoms with Gasteiger partial charge < -0.3 is 10.0 Å². The van der Waals surface area contributed by atoms with E-state index in [-0.39, 0.29) is 6.04 Å². The minimum Gasteiger partial charge on any atom is -0.465 e. The first-order valence-electron chi connectivity index (χ1n) is 8.02. The molecule has 0 spiro atoms. The third kappa shape index (κ3) is 3.37. The number of anilines is 1. The summed E-state index contributed by atoms with van der Waals surface area (Å²) >= 11 is 0. The van der Waals surface area contributed by atoms with Gasteiger partial charge in [0.05, 0.1) is 5.69 Å². The van der Waals surface area contributed by atoms with Crippen molar-refractivity contribution < 1.29 is 9.90 Å². The summed E-state index contributed by atoms with van der Waals surface area (Å²) in [4.78, 5) is 15.6. The van der Waals surface area contributed by atoms with Crippen molar-refractivity contribution in [3.63, 3.8) is 0 Å². The van der Waals surface area contributed by atoms with E-state index in [0.29, 0.717) is 6.54 Å². The van der Waals surface area contributed by atoms with Gasteiger partial charge in [0.15, 0.2) is 0 Å².